The molecule has 0 aliphatic carbocycles. The maximum Gasteiger partial charge on any atom is 0.435 e. The molecular formula is C10H11F3N2O3. The van der Waals surface area contributed by atoms with Crippen molar-refractivity contribution in [2.45, 2.75) is 32.9 Å². The molecule has 5 nitrogen and oxygen atoms in total. The van der Waals surface area contributed by atoms with Crippen molar-refractivity contribution in [3.8, 4) is 0 Å². The first-order valence-electron chi connectivity index (χ1n) is 5.32. The number of nitrogens with zero attached hydrogens (tertiary/aromatic N) is 2. The number of rotatable bonds is 3. The third-order valence-corrected chi connectivity index (χ3v) is 2.50. The molecule has 0 radical (unpaired) electrons. The first kappa shape index (κ1) is 12.9. The van der Waals surface area contributed by atoms with Gasteiger partial charge in [-0.3, -0.25) is 9.48 Å². The summed E-state index contributed by atoms with van der Waals surface area (Å²) in [5.74, 6) is -0.622. The maximum atomic E-state index is 12.7. The van der Waals surface area contributed by atoms with E-state index in [2.05, 4.69) is 9.84 Å². The molecule has 100 valence electrons. The minimum Gasteiger partial charge on any atom is -0.465 e. The fourth-order valence-corrected chi connectivity index (χ4v) is 1.78. The van der Waals surface area contributed by atoms with Crippen LogP contribution in [0.25, 0.3) is 0 Å². The molecule has 0 bridgehead atoms. The SMILES string of the molecule is CCOC(=O)Cn1nc(C(F)(F)F)c2c1COC2. The highest BCUT2D eigenvalue weighted by Crippen LogP contribution is 2.35. The van der Waals surface area contributed by atoms with E-state index in [9.17, 15) is 18.0 Å². The Hall–Kier alpha value is -1.57. The Labute approximate surface area is 100 Å². The molecule has 0 unspecified atom stereocenters. The standard InChI is InChI=1S/C10H11F3N2O3/c1-2-18-8(16)3-15-7-5-17-4-6(7)9(14-15)10(11,12)13/h2-5H2,1H3. The third-order valence-electron chi connectivity index (χ3n) is 2.50. The minimum atomic E-state index is -4.54. The fourth-order valence-electron chi connectivity index (χ4n) is 1.78. The highest BCUT2D eigenvalue weighted by atomic mass is 19.4. The molecular weight excluding hydrogens is 253 g/mol. The van der Waals surface area contributed by atoms with Crippen LogP contribution < -0.4 is 0 Å². The van der Waals surface area contributed by atoms with Gasteiger partial charge in [-0.2, -0.15) is 18.3 Å². The third kappa shape index (κ3) is 2.33. The summed E-state index contributed by atoms with van der Waals surface area (Å²) in [4.78, 5) is 11.3. The quantitative estimate of drug-likeness (QED) is 0.776. The molecule has 1 aliphatic rings. The zero-order valence-electron chi connectivity index (χ0n) is 9.58. The molecule has 2 heterocycles. The Bertz CT molecular complexity index is 468. The van der Waals surface area contributed by atoms with E-state index in [0.29, 0.717) is 0 Å². The second-order valence-electron chi connectivity index (χ2n) is 3.73. The topological polar surface area (TPSA) is 53.4 Å². The van der Waals surface area contributed by atoms with E-state index < -0.39 is 17.8 Å². The number of esters is 1. The fraction of sp³-hybridized carbons (Fsp3) is 0.600. The molecule has 0 saturated heterocycles. The number of fused-ring (bicyclic) bond motifs is 1. The van der Waals surface area contributed by atoms with Gasteiger partial charge in [-0.05, 0) is 6.92 Å². The molecule has 0 fully saturated rings. The number of halogens is 3. The molecule has 0 N–H and O–H groups in total. The van der Waals surface area contributed by atoms with E-state index in [1.165, 1.54) is 0 Å². The number of hydrogen-bond acceptors (Lipinski definition) is 4. The van der Waals surface area contributed by atoms with Crippen LogP contribution in [0.2, 0.25) is 0 Å². The average Bonchev–Trinajstić information content (AvgIpc) is 2.80. The largest absolute Gasteiger partial charge is 0.465 e. The van der Waals surface area contributed by atoms with E-state index in [1.54, 1.807) is 6.92 Å². The van der Waals surface area contributed by atoms with E-state index in [1.807, 2.05) is 0 Å². The van der Waals surface area contributed by atoms with Crippen molar-refractivity contribution < 1.29 is 27.4 Å². The number of alkyl halides is 3. The van der Waals surface area contributed by atoms with Gasteiger partial charge >= 0.3 is 12.1 Å². The van der Waals surface area contributed by atoms with Crippen LogP contribution in [0.15, 0.2) is 0 Å². The number of hydrogen-bond donors (Lipinski definition) is 0. The number of aromatic nitrogens is 2. The average molecular weight is 264 g/mol. The zero-order chi connectivity index (χ0) is 13.3. The van der Waals surface area contributed by atoms with Gasteiger partial charge in [0.05, 0.1) is 25.5 Å². The van der Waals surface area contributed by atoms with Crippen LogP contribution in [0.1, 0.15) is 23.9 Å². The smallest absolute Gasteiger partial charge is 0.435 e. The Morgan fingerprint density at radius 2 is 2.22 bits per heavy atom. The van der Waals surface area contributed by atoms with Crippen LogP contribution in [0.5, 0.6) is 0 Å². The van der Waals surface area contributed by atoms with Crippen molar-refractivity contribution in [3.63, 3.8) is 0 Å². The predicted molar refractivity (Wildman–Crippen MR) is 52.4 cm³/mol. The van der Waals surface area contributed by atoms with Crippen molar-refractivity contribution in [2.75, 3.05) is 6.61 Å². The lowest BCUT2D eigenvalue weighted by Gasteiger charge is -2.05. The van der Waals surface area contributed by atoms with Crippen molar-refractivity contribution >= 4 is 5.97 Å². The highest BCUT2D eigenvalue weighted by Gasteiger charge is 2.40. The van der Waals surface area contributed by atoms with Gasteiger partial charge in [0.15, 0.2) is 5.69 Å². The van der Waals surface area contributed by atoms with Crippen molar-refractivity contribution in [2.24, 2.45) is 0 Å². The summed E-state index contributed by atoms with van der Waals surface area (Å²) in [6.07, 6.45) is -4.54. The van der Waals surface area contributed by atoms with Crippen LogP contribution in [0, 0.1) is 0 Å². The van der Waals surface area contributed by atoms with E-state index in [0.717, 1.165) is 4.68 Å². The van der Waals surface area contributed by atoms with Crippen LogP contribution in [0.3, 0.4) is 0 Å². The molecule has 2 rings (SSSR count). The molecule has 1 aliphatic heterocycles. The minimum absolute atomic E-state index is 0.00629. The lowest BCUT2D eigenvalue weighted by molar-refractivity contribution is -0.146. The van der Waals surface area contributed by atoms with Crippen LogP contribution in [-0.2, 0) is 40.2 Å². The summed E-state index contributed by atoms with van der Waals surface area (Å²) in [7, 11) is 0. The molecule has 0 amide bonds. The van der Waals surface area contributed by atoms with Crippen LogP contribution >= 0.6 is 0 Å². The van der Waals surface area contributed by atoms with Crippen molar-refractivity contribution in [1.82, 2.24) is 9.78 Å². The lowest BCUT2D eigenvalue weighted by atomic mass is 10.2. The predicted octanol–water partition coefficient (Wildman–Crippen LogP) is 1.50. The van der Waals surface area contributed by atoms with Gasteiger partial charge in [0.2, 0.25) is 0 Å². The molecule has 18 heavy (non-hydrogen) atoms. The highest BCUT2D eigenvalue weighted by molar-refractivity contribution is 5.69. The number of carbonyl (C=O) groups is 1. The summed E-state index contributed by atoms with van der Waals surface area (Å²) in [6.45, 7) is 1.35. The van der Waals surface area contributed by atoms with Gasteiger partial charge in [0, 0.05) is 5.56 Å². The zero-order valence-corrected chi connectivity index (χ0v) is 9.58. The second kappa shape index (κ2) is 4.60. The number of carbonyl (C=O) groups excluding carboxylic acids is 1. The molecule has 1 aromatic rings. The summed E-state index contributed by atoms with van der Waals surface area (Å²) in [6, 6.07) is 0. The van der Waals surface area contributed by atoms with Gasteiger partial charge in [-0.15, -0.1) is 0 Å². The Balaban J connectivity index is 2.30. The van der Waals surface area contributed by atoms with Gasteiger partial charge in [-0.1, -0.05) is 0 Å². The van der Waals surface area contributed by atoms with Gasteiger partial charge in [-0.25, -0.2) is 0 Å². The molecule has 0 saturated carbocycles. The second-order valence-corrected chi connectivity index (χ2v) is 3.73. The number of ether oxygens (including phenoxy) is 2. The van der Waals surface area contributed by atoms with Crippen LogP contribution in [0.4, 0.5) is 13.2 Å². The lowest BCUT2D eigenvalue weighted by Crippen LogP contribution is -2.17. The molecule has 0 atom stereocenters. The van der Waals surface area contributed by atoms with Crippen LogP contribution in [-0.4, -0.2) is 22.4 Å². The Kier molecular flexibility index (Phi) is 3.29. The van der Waals surface area contributed by atoms with E-state index >= 15 is 0 Å². The van der Waals surface area contributed by atoms with E-state index in [-0.39, 0.29) is 37.6 Å². The summed E-state index contributed by atoms with van der Waals surface area (Å²) in [5.41, 5.74) is -0.693. The summed E-state index contributed by atoms with van der Waals surface area (Å²) in [5, 5.41) is 3.44. The van der Waals surface area contributed by atoms with Crippen molar-refractivity contribution in [3.05, 3.63) is 17.0 Å². The van der Waals surface area contributed by atoms with Gasteiger partial charge in [0.25, 0.3) is 0 Å². The first-order chi connectivity index (χ1) is 8.43. The first-order valence-corrected chi connectivity index (χ1v) is 5.32. The maximum absolute atomic E-state index is 12.7. The Morgan fingerprint density at radius 1 is 1.50 bits per heavy atom. The normalized spacial score (nSPS) is 14.7. The van der Waals surface area contributed by atoms with Crippen molar-refractivity contribution in [1.29, 1.82) is 0 Å². The Morgan fingerprint density at radius 3 is 2.83 bits per heavy atom. The molecule has 8 heteroatoms. The monoisotopic (exact) mass is 264 g/mol. The molecule has 1 aromatic heterocycles. The summed E-state index contributed by atoms with van der Waals surface area (Å²) < 4.78 is 48.7. The summed E-state index contributed by atoms with van der Waals surface area (Å²) >= 11 is 0. The van der Waals surface area contributed by atoms with Gasteiger partial charge in [0.1, 0.15) is 6.54 Å². The molecule has 0 spiro atoms. The van der Waals surface area contributed by atoms with Gasteiger partial charge < -0.3 is 9.47 Å². The van der Waals surface area contributed by atoms with E-state index in [4.69, 9.17) is 4.74 Å². The molecule has 0 aromatic carbocycles.